The second-order valence-corrected chi connectivity index (χ2v) is 8.37. The quantitative estimate of drug-likeness (QED) is 0.506. The molecule has 0 N–H and O–H groups in total. The summed E-state index contributed by atoms with van der Waals surface area (Å²) in [6, 6.07) is 0. The molecule has 28 heavy (non-hydrogen) atoms. The number of carbonyl (C=O) groups excluding carboxylic acids is 5. The summed E-state index contributed by atoms with van der Waals surface area (Å²) >= 11 is 0. The van der Waals surface area contributed by atoms with Crippen LogP contribution in [0.4, 0.5) is 4.79 Å². The van der Waals surface area contributed by atoms with E-state index in [1.165, 1.54) is 0 Å². The zero-order chi connectivity index (χ0) is 19.3. The van der Waals surface area contributed by atoms with Crippen molar-refractivity contribution in [3.8, 4) is 0 Å². The number of amides is 4. The number of carbonyl (C=O) groups is 5. The number of hydrogen-bond donors (Lipinski definition) is 0. The van der Waals surface area contributed by atoms with Crippen molar-refractivity contribution in [2.24, 2.45) is 47.3 Å². The predicted molar refractivity (Wildman–Crippen MR) is 86.7 cm³/mol. The molecule has 9 nitrogen and oxygen atoms in total. The van der Waals surface area contributed by atoms with Crippen LogP contribution in [0, 0.1) is 47.3 Å². The van der Waals surface area contributed by atoms with Crippen LogP contribution in [0.25, 0.3) is 0 Å². The fraction of sp³-hybridized carbons (Fsp3) is 0.526. The maximum absolute atomic E-state index is 12.5. The van der Waals surface area contributed by atoms with E-state index in [-0.39, 0.29) is 23.7 Å². The Labute approximate surface area is 158 Å². The van der Waals surface area contributed by atoms with Gasteiger partial charge < -0.3 is 0 Å². The second-order valence-electron chi connectivity index (χ2n) is 8.37. The predicted octanol–water partition coefficient (Wildman–Crippen LogP) is 0.584. The van der Waals surface area contributed by atoms with Crippen LogP contribution in [0.1, 0.15) is 12.8 Å². The standard InChI is InChI=1S/C19H16N2O7/c22-15-11-7-1-2-8(5-7)12(11)16(23)20(15)27-19(26)28-21-17(24)13-9-3-4-10(6-9)14(13)18(21)25/h1-4,7-14H,5-6H2/t7-,8+,9-,10+,11+,12-,13+,14-. The molecular weight excluding hydrogens is 368 g/mol. The molecule has 144 valence electrons. The molecule has 2 heterocycles. The van der Waals surface area contributed by atoms with Crippen LogP contribution in [-0.4, -0.2) is 39.9 Å². The zero-order valence-corrected chi connectivity index (χ0v) is 14.6. The van der Waals surface area contributed by atoms with E-state index in [0.717, 1.165) is 12.8 Å². The normalized spacial score (nSPS) is 44.1. The number of hydroxylamine groups is 4. The summed E-state index contributed by atoms with van der Waals surface area (Å²) in [7, 11) is 0. The van der Waals surface area contributed by atoms with Crippen LogP contribution >= 0.6 is 0 Å². The lowest BCUT2D eigenvalue weighted by Gasteiger charge is -2.18. The van der Waals surface area contributed by atoms with Crippen molar-refractivity contribution >= 4 is 29.8 Å². The molecule has 4 amide bonds. The SMILES string of the molecule is O=C(ON1C(=O)[C@@H]2[C@H](C1=O)[C@H]1C=C[C@@H]2C1)ON1C(=O)[C@@H]2[C@H](C1=O)[C@H]1C=C[C@@H]2C1. The highest BCUT2D eigenvalue weighted by molar-refractivity contribution is 6.07. The molecule has 4 bridgehead atoms. The Hall–Kier alpha value is -2.97. The van der Waals surface area contributed by atoms with E-state index in [0.29, 0.717) is 10.1 Å². The smallest absolute Gasteiger partial charge is 0.293 e. The first-order valence-corrected chi connectivity index (χ1v) is 9.48. The molecular formula is C19H16N2O7. The van der Waals surface area contributed by atoms with Crippen molar-refractivity contribution in [3.05, 3.63) is 24.3 Å². The highest BCUT2D eigenvalue weighted by Gasteiger charge is 2.63. The summed E-state index contributed by atoms with van der Waals surface area (Å²) in [4.78, 5) is 71.9. The van der Waals surface area contributed by atoms with Gasteiger partial charge in [-0.2, -0.15) is 4.79 Å². The van der Waals surface area contributed by atoms with Crippen LogP contribution < -0.4 is 0 Å². The minimum atomic E-state index is -1.44. The van der Waals surface area contributed by atoms with E-state index < -0.39 is 53.5 Å². The molecule has 0 aromatic heterocycles. The number of hydrogen-bond acceptors (Lipinski definition) is 7. The molecule has 9 heteroatoms. The van der Waals surface area contributed by atoms with Gasteiger partial charge in [-0.3, -0.25) is 28.9 Å². The summed E-state index contributed by atoms with van der Waals surface area (Å²) in [5, 5.41) is 0.863. The average molecular weight is 384 g/mol. The molecule has 8 atom stereocenters. The molecule has 4 fully saturated rings. The van der Waals surface area contributed by atoms with Crippen molar-refractivity contribution < 1.29 is 33.6 Å². The van der Waals surface area contributed by atoms with E-state index in [9.17, 15) is 24.0 Å². The maximum Gasteiger partial charge on any atom is 0.560 e. The zero-order valence-electron chi connectivity index (χ0n) is 14.6. The van der Waals surface area contributed by atoms with Crippen molar-refractivity contribution in [3.63, 3.8) is 0 Å². The summed E-state index contributed by atoms with van der Waals surface area (Å²) < 4.78 is 0. The summed E-state index contributed by atoms with van der Waals surface area (Å²) in [5.74, 6) is -4.52. The first-order chi connectivity index (χ1) is 13.5. The third-order valence-corrected chi connectivity index (χ3v) is 7.19. The Balaban J connectivity index is 1.16. The Morgan fingerprint density at radius 1 is 0.643 bits per heavy atom. The molecule has 0 radical (unpaired) electrons. The molecule has 0 spiro atoms. The Morgan fingerprint density at radius 3 is 1.21 bits per heavy atom. The molecule has 0 aromatic carbocycles. The minimum absolute atomic E-state index is 0.0276. The highest BCUT2D eigenvalue weighted by Crippen LogP contribution is 2.53. The Bertz CT molecular complexity index is 791. The lowest BCUT2D eigenvalue weighted by Crippen LogP contribution is -2.40. The van der Waals surface area contributed by atoms with E-state index in [2.05, 4.69) is 0 Å². The van der Waals surface area contributed by atoms with Gasteiger partial charge in [0, 0.05) is 0 Å². The van der Waals surface area contributed by atoms with Crippen LogP contribution in [-0.2, 0) is 28.9 Å². The summed E-state index contributed by atoms with van der Waals surface area (Å²) in [5.41, 5.74) is 0. The fourth-order valence-electron chi connectivity index (χ4n) is 6.10. The fourth-order valence-corrected chi connectivity index (χ4v) is 6.10. The Morgan fingerprint density at radius 2 is 0.929 bits per heavy atom. The average Bonchev–Trinajstić information content (AvgIpc) is 3.49. The monoisotopic (exact) mass is 384 g/mol. The van der Waals surface area contributed by atoms with E-state index >= 15 is 0 Å². The first-order valence-electron chi connectivity index (χ1n) is 9.48. The van der Waals surface area contributed by atoms with Gasteiger partial charge in [-0.15, -0.1) is 0 Å². The van der Waals surface area contributed by atoms with E-state index in [1.54, 1.807) is 0 Å². The van der Waals surface area contributed by atoms with Crippen molar-refractivity contribution in [2.75, 3.05) is 0 Å². The molecule has 0 aromatic rings. The van der Waals surface area contributed by atoms with Crippen LogP contribution in [0.5, 0.6) is 0 Å². The number of rotatable bonds is 2. The van der Waals surface area contributed by atoms with Gasteiger partial charge in [-0.25, -0.2) is 0 Å². The van der Waals surface area contributed by atoms with Gasteiger partial charge in [0.25, 0.3) is 23.6 Å². The van der Waals surface area contributed by atoms with Gasteiger partial charge in [0.15, 0.2) is 0 Å². The molecule has 2 saturated carbocycles. The van der Waals surface area contributed by atoms with E-state index in [4.69, 9.17) is 9.68 Å². The molecule has 6 aliphatic rings. The Kier molecular flexibility index (Phi) is 2.91. The maximum atomic E-state index is 12.5. The summed E-state index contributed by atoms with van der Waals surface area (Å²) in [6.45, 7) is 0. The number of imide groups is 2. The molecule has 2 saturated heterocycles. The van der Waals surface area contributed by atoms with Gasteiger partial charge in [0.05, 0.1) is 23.7 Å². The first kappa shape index (κ1) is 16.0. The van der Waals surface area contributed by atoms with Gasteiger partial charge in [-0.1, -0.05) is 34.4 Å². The molecule has 0 unspecified atom stereocenters. The third-order valence-electron chi connectivity index (χ3n) is 7.19. The topological polar surface area (TPSA) is 110 Å². The van der Waals surface area contributed by atoms with Crippen LogP contribution in [0.15, 0.2) is 24.3 Å². The van der Waals surface area contributed by atoms with E-state index in [1.807, 2.05) is 24.3 Å². The summed E-state index contributed by atoms with van der Waals surface area (Å²) in [6.07, 6.45) is 7.73. The second kappa shape index (κ2) is 5.09. The molecule has 4 aliphatic carbocycles. The highest BCUT2D eigenvalue weighted by atomic mass is 16.9. The third kappa shape index (κ3) is 1.79. The number of fused-ring (bicyclic) bond motifs is 10. The van der Waals surface area contributed by atoms with Gasteiger partial charge in [-0.05, 0) is 36.5 Å². The molecule has 2 aliphatic heterocycles. The lowest BCUT2D eigenvalue weighted by atomic mass is 9.85. The molecule has 6 rings (SSSR count). The number of allylic oxidation sites excluding steroid dienone is 4. The lowest BCUT2D eigenvalue weighted by molar-refractivity contribution is -0.200. The van der Waals surface area contributed by atoms with Crippen molar-refractivity contribution in [2.45, 2.75) is 12.8 Å². The van der Waals surface area contributed by atoms with Gasteiger partial charge >= 0.3 is 6.16 Å². The van der Waals surface area contributed by atoms with Gasteiger partial charge in [0.2, 0.25) is 0 Å². The minimum Gasteiger partial charge on any atom is -0.293 e. The van der Waals surface area contributed by atoms with Crippen molar-refractivity contribution in [1.82, 2.24) is 10.1 Å². The van der Waals surface area contributed by atoms with Gasteiger partial charge in [0.1, 0.15) is 0 Å². The van der Waals surface area contributed by atoms with Crippen LogP contribution in [0.2, 0.25) is 0 Å². The van der Waals surface area contributed by atoms with Crippen LogP contribution in [0.3, 0.4) is 0 Å². The largest absolute Gasteiger partial charge is 0.560 e. The number of nitrogens with zero attached hydrogens (tertiary/aromatic N) is 2. The van der Waals surface area contributed by atoms with Crippen molar-refractivity contribution in [1.29, 1.82) is 0 Å².